The Bertz CT molecular complexity index is 167. The van der Waals surface area contributed by atoms with E-state index in [9.17, 15) is 0 Å². The van der Waals surface area contributed by atoms with Gasteiger partial charge >= 0.3 is 0 Å². The summed E-state index contributed by atoms with van der Waals surface area (Å²) >= 11 is 5.04. The molecule has 1 radical (unpaired) electrons. The van der Waals surface area contributed by atoms with Crippen LogP contribution in [0.1, 0.15) is 5.56 Å². The number of halogens is 1. The summed E-state index contributed by atoms with van der Waals surface area (Å²) < 4.78 is 4.40. The second kappa shape index (κ2) is 6.20. The van der Waals surface area contributed by atoms with Crippen molar-refractivity contribution in [3.05, 3.63) is 35.9 Å². The third-order valence-electron chi connectivity index (χ3n) is 1.06. The third kappa shape index (κ3) is 3.59. The van der Waals surface area contributed by atoms with E-state index in [1.54, 1.807) is 0 Å². The van der Waals surface area contributed by atoms with Crippen molar-refractivity contribution < 1.29 is 4.29 Å². The number of rotatable bonds is 2. The molecule has 49 valence electrons. The van der Waals surface area contributed by atoms with Crippen molar-refractivity contribution in [3.63, 3.8) is 0 Å². The molecule has 1 aromatic carbocycles. The molecule has 0 amide bonds. The van der Waals surface area contributed by atoms with Crippen molar-refractivity contribution >= 4 is 41.4 Å². The van der Waals surface area contributed by atoms with Crippen molar-refractivity contribution in [2.75, 3.05) is 0 Å². The molecule has 10 heavy (non-hydrogen) atoms. The topological polar surface area (TPSA) is 9.23 Å². The van der Waals surface area contributed by atoms with E-state index in [1.165, 1.54) is 0 Å². The molecule has 1 aromatic rings. The first-order chi connectivity index (χ1) is 4.43. The van der Waals surface area contributed by atoms with Crippen LogP contribution in [0.2, 0.25) is 0 Å². The minimum Gasteiger partial charge on any atom is -0.274 e. The van der Waals surface area contributed by atoms with Crippen LogP contribution in [-0.2, 0) is 10.9 Å². The van der Waals surface area contributed by atoms with E-state index in [-0.39, 0.29) is 29.6 Å². The van der Waals surface area contributed by atoms with Gasteiger partial charge in [-0.15, -0.1) is 0 Å². The number of benzene rings is 1. The van der Waals surface area contributed by atoms with Crippen LogP contribution >= 0.6 is 11.9 Å². The number of hydrogen-bond acceptors (Lipinski definition) is 1. The second-order valence-electron chi connectivity index (χ2n) is 1.74. The van der Waals surface area contributed by atoms with Gasteiger partial charge in [0.15, 0.2) is 0 Å². The molecule has 0 fully saturated rings. The molecule has 0 aliphatic heterocycles. The molecule has 0 aromatic heterocycles. The third-order valence-corrected chi connectivity index (χ3v) is 1.17. The van der Waals surface area contributed by atoms with Gasteiger partial charge in [0.25, 0.3) is 0 Å². The summed E-state index contributed by atoms with van der Waals surface area (Å²) in [5.41, 5.74) is 1.09. The van der Waals surface area contributed by atoms with Crippen molar-refractivity contribution in [3.8, 4) is 0 Å². The maximum absolute atomic E-state index is 5.04. The Balaban J connectivity index is 0.000000810. The van der Waals surface area contributed by atoms with Crippen LogP contribution in [0.3, 0.4) is 0 Å². The molecule has 0 N–H and O–H groups in total. The van der Waals surface area contributed by atoms with E-state index >= 15 is 0 Å². The SMILES string of the molecule is ClOCc1ccccc1.[Na]. The fourth-order valence-corrected chi connectivity index (χ4v) is 0.763. The van der Waals surface area contributed by atoms with Gasteiger partial charge in [-0.3, -0.25) is 4.29 Å². The summed E-state index contributed by atoms with van der Waals surface area (Å²) in [5.74, 6) is 0. The Morgan fingerprint density at radius 3 is 2.30 bits per heavy atom. The number of hydrogen-bond donors (Lipinski definition) is 0. The van der Waals surface area contributed by atoms with E-state index in [2.05, 4.69) is 4.29 Å². The minimum atomic E-state index is 0. The van der Waals surface area contributed by atoms with Crippen LogP contribution in [0.5, 0.6) is 0 Å². The van der Waals surface area contributed by atoms with E-state index in [1.807, 2.05) is 30.3 Å². The molecule has 0 atom stereocenters. The Labute approximate surface area is 87.8 Å². The Kier molecular flexibility index (Phi) is 6.49. The molecule has 1 nitrogen and oxygen atoms in total. The van der Waals surface area contributed by atoms with E-state index in [0.29, 0.717) is 6.61 Å². The molecule has 0 unspecified atom stereocenters. The summed E-state index contributed by atoms with van der Waals surface area (Å²) in [7, 11) is 0. The molecule has 0 aliphatic rings. The molecule has 0 saturated carbocycles. The predicted molar refractivity (Wildman–Crippen MR) is 42.8 cm³/mol. The van der Waals surface area contributed by atoms with Crippen LogP contribution in [0.15, 0.2) is 30.3 Å². The van der Waals surface area contributed by atoms with E-state index in [4.69, 9.17) is 11.9 Å². The first-order valence-corrected chi connectivity index (χ1v) is 3.02. The van der Waals surface area contributed by atoms with Gasteiger partial charge in [-0.25, -0.2) is 0 Å². The van der Waals surface area contributed by atoms with Crippen LogP contribution in [0.25, 0.3) is 0 Å². The fraction of sp³-hybridized carbons (Fsp3) is 0.143. The van der Waals surface area contributed by atoms with Gasteiger partial charge in [0, 0.05) is 29.6 Å². The van der Waals surface area contributed by atoms with Gasteiger partial charge in [-0.2, -0.15) is 0 Å². The standard InChI is InChI=1S/C7H7ClO.Na/c8-9-6-7-4-2-1-3-5-7;/h1-5H,6H2;. The summed E-state index contributed by atoms with van der Waals surface area (Å²) in [5, 5.41) is 0. The molecular weight excluding hydrogens is 159 g/mol. The summed E-state index contributed by atoms with van der Waals surface area (Å²) in [6, 6.07) is 9.78. The normalized spacial score (nSPS) is 8.50. The Morgan fingerprint density at radius 2 is 1.80 bits per heavy atom. The quantitative estimate of drug-likeness (QED) is 0.609. The summed E-state index contributed by atoms with van der Waals surface area (Å²) in [6.07, 6.45) is 0. The summed E-state index contributed by atoms with van der Waals surface area (Å²) in [6.45, 7) is 0.475. The van der Waals surface area contributed by atoms with Crippen molar-refractivity contribution in [2.45, 2.75) is 6.61 Å². The van der Waals surface area contributed by atoms with Gasteiger partial charge in [0.1, 0.15) is 0 Å². The molecule has 3 heteroatoms. The maximum atomic E-state index is 5.04. The molecule has 0 spiro atoms. The molecule has 0 heterocycles. The van der Waals surface area contributed by atoms with E-state index in [0.717, 1.165) is 5.56 Å². The van der Waals surface area contributed by atoms with Gasteiger partial charge in [0.05, 0.1) is 18.5 Å². The average molecular weight is 166 g/mol. The molecule has 1 rings (SSSR count). The zero-order valence-corrected chi connectivity index (χ0v) is 8.64. The van der Waals surface area contributed by atoms with Crippen LogP contribution in [-0.4, -0.2) is 29.6 Å². The van der Waals surface area contributed by atoms with Crippen LogP contribution in [0, 0.1) is 0 Å². The molecule has 0 aliphatic carbocycles. The first kappa shape index (κ1) is 10.5. The first-order valence-electron chi connectivity index (χ1n) is 2.71. The smallest absolute Gasteiger partial charge is 0.0933 e. The molecule has 0 saturated heterocycles. The largest absolute Gasteiger partial charge is 0.274 e. The van der Waals surface area contributed by atoms with Crippen molar-refractivity contribution in [1.29, 1.82) is 0 Å². The Hall–Kier alpha value is 0.470. The second-order valence-corrected chi connectivity index (χ2v) is 1.96. The maximum Gasteiger partial charge on any atom is 0.0933 e. The fourth-order valence-electron chi connectivity index (χ4n) is 0.637. The van der Waals surface area contributed by atoms with Crippen molar-refractivity contribution in [2.24, 2.45) is 0 Å². The Morgan fingerprint density at radius 1 is 1.20 bits per heavy atom. The van der Waals surface area contributed by atoms with Gasteiger partial charge in [0.2, 0.25) is 0 Å². The van der Waals surface area contributed by atoms with Crippen LogP contribution in [0.4, 0.5) is 0 Å². The van der Waals surface area contributed by atoms with Gasteiger partial charge in [-0.05, 0) is 5.56 Å². The average Bonchev–Trinajstić information content (AvgIpc) is 1.91. The molecule has 0 bridgehead atoms. The predicted octanol–water partition coefficient (Wildman–Crippen LogP) is 1.98. The van der Waals surface area contributed by atoms with Crippen molar-refractivity contribution in [1.82, 2.24) is 0 Å². The van der Waals surface area contributed by atoms with Gasteiger partial charge in [-0.1, -0.05) is 30.3 Å². The van der Waals surface area contributed by atoms with Crippen LogP contribution < -0.4 is 0 Å². The zero-order chi connectivity index (χ0) is 6.53. The summed E-state index contributed by atoms with van der Waals surface area (Å²) in [4.78, 5) is 0. The van der Waals surface area contributed by atoms with Gasteiger partial charge < -0.3 is 0 Å². The minimum absolute atomic E-state index is 0. The zero-order valence-electron chi connectivity index (χ0n) is 5.88. The molecular formula is C7H7ClNaO. The monoisotopic (exact) mass is 165 g/mol. The van der Waals surface area contributed by atoms with E-state index < -0.39 is 0 Å².